The minimum Gasteiger partial charge on any atom is -0.352 e. The number of hydrogen-bond acceptors (Lipinski definition) is 4. The van der Waals surface area contributed by atoms with Gasteiger partial charge in [-0.05, 0) is 32.8 Å². The Labute approximate surface area is 112 Å². The number of hydrogen-bond donors (Lipinski definition) is 1. The number of aryl methyl sites for hydroxylation is 1. The molecule has 0 aliphatic carbocycles. The molecule has 19 heavy (non-hydrogen) atoms. The lowest BCUT2D eigenvalue weighted by Gasteiger charge is -2.12. The molecule has 0 fully saturated rings. The molecule has 0 radical (unpaired) electrons. The van der Waals surface area contributed by atoms with Crippen LogP contribution in [0.5, 0.6) is 0 Å². The lowest BCUT2D eigenvalue weighted by atomic mass is 10.1. The average molecular weight is 262 g/mol. The quantitative estimate of drug-likeness (QED) is 0.862. The highest BCUT2D eigenvalue weighted by molar-refractivity contribution is 5.75. The molecule has 0 aliphatic rings. The van der Waals surface area contributed by atoms with Crippen molar-refractivity contribution in [2.24, 2.45) is 0 Å². The normalized spacial score (nSPS) is 11.7. The first-order chi connectivity index (χ1) is 8.90. The lowest BCUT2D eigenvalue weighted by Crippen LogP contribution is -2.39. The summed E-state index contributed by atoms with van der Waals surface area (Å²) < 4.78 is 1.04. The van der Waals surface area contributed by atoms with E-state index in [1.807, 2.05) is 19.9 Å². The molecule has 1 atom stereocenters. The summed E-state index contributed by atoms with van der Waals surface area (Å²) in [6.07, 6.45) is 0.810. The van der Waals surface area contributed by atoms with Gasteiger partial charge in [-0.1, -0.05) is 6.92 Å². The van der Waals surface area contributed by atoms with Gasteiger partial charge in [-0.15, -0.1) is 0 Å². The molecule has 0 saturated carbocycles. The third kappa shape index (κ3) is 3.41. The fourth-order valence-electron chi connectivity index (χ4n) is 1.57. The Kier molecular flexibility index (Phi) is 4.81. The maximum absolute atomic E-state index is 12.0. The molecule has 0 spiro atoms. The highest BCUT2D eigenvalue weighted by Crippen LogP contribution is 2.04. The number of nitrogens with zero attached hydrogens (tertiary/aromatic N) is 3. The Bertz CT molecular complexity index is 584. The van der Waals surface area contributed by atoms with Gasteiger partial charge >= 0.3 is 0 Å². The number of carbonyl (C=O) groups excluding carboxylic acids is 1. The van der Waals surface area contributed by atoms with Gasteiger partial charge in [0.05, 0.1) is 5.69 Å². The zero-order valence-electron chi connectivity index (χ0n) is 11.6. The topological polar surface area (TPSA) is 87.8 Å². The van der Waals surface area contributed by atoms with Crippen LogP contribution in [0, 0.1) is 25.2 Å². The molecule has 0 unspecified atom stereocenters. The standard InChI is InChI=1S/C13H18N4O2/c1-5-8(2)15-12(18)7-17-13(19)11(6-14)9(3)10(4)16-17/h8H,5,7H2,1-4H3,(H,15,18)/t8-/m1/s1. The molecule has 1 rings (SSSR count). The van der Waals surface area contributed by atoms with E-state index in [0.717, 1.165) is 11.1 Å². The van der Waals surface area contributed by atoms with Gasteiger partial charge in [0.1, 0.15) is 18.2 Å². The zero-order chi connectivity index (χ0) is 14.6. The third-order valence-corrected chi connectivity index (χ3v) is 3.06. The molecule has 0 aromatic carbocycles. The van der Waals surface area contributed by atoms with E-state index < -0.39 is 5.56 Å². The Morgan fingerprint density at radius 2 is 2.16 bits per heavy atom. The minimum absolute atomic E-state index is 0.0452. The largest absolute Gasteiger partial charge is 0.352 e. The molecule has 1 aromatic heterocycles. The van der Waals surface area contributed by atoms with Crippen molar-refractivity contribution in [1.29, 1.82) is 5.26 Å². The maximum Gasteiger partial charge on any atom is 0.285 e. The van der Waals surface area contributed by atoms with Crippen LogP contribution >= 0.6 is 0 Å². The van der Waals surface area contributed by atoms with E-state index in [0.29, 0.717) is 11.3 Å². The predicted octanol–water partition coefficient (Wildman–Crippen LogP) is 0.647. The summed E-state index contributed by atoms with van der Waals surface area (Å²) in [5.74, 6) is -0.281. The van der Waals surface area contributed by atoms with Crippen LogP contribution in [0.15, 0.2) is 4.79 Å². The fourth-order valence-corrected chi connectivity index (χ4v) is 1.57. The van der Waals surface area contributed by atoms with Crippen LogP contribution in [0.2, 0.25) is 0 Å². The molecule has 0 aliphatic heterocycles. The van der Waals surface area contributed by atoms with Crippen molar-refractivity contribution in [2.45, 2.75) is 46.7 Å². The summed E-state index contributed by atoms with van der Waals surface area (Å²) in [4.78, 5) is 23.7. The van der Waals surface area contributed by atoms with E-state index in [9.17, 15) is 9.59 Å². The van der Waals surface area contributed by atoms with E-state index in [1.54, 1.807) is 13.8 Å². The summed E-state index contributed by atoms with van der Waals surface area (Å²) in [5, 5.41) is 15.8. The molecule has 1 heterocycles. The van der Waals surface area contributed by atoms with Crippen molar-refractivity contribution in [2.75, 3.05) is 0 Å². The van der Waals surface area contributed by atoms with Crippen molar-refractivity contribution >= 4 is 5.91 Å². The molecular formula is C13H18N4O2. The summed E-state index contributed by atoms with van der Waals surface area (Å²) in [5.41, 5.74) is 0.660. The number of amides is 1. The smallest absolute Gasteiger partial charge is 0.285 e. The average Bonchev–Trinajstić information content (AvgIpc) is 2.36. The second kappa shape index (κ2) is 6.14. The number of nitrogens with one attached hydrogen (secondary N) is 1. The SMILES string of the molecule is CC[C@@H](C)NC(=O)Cn1nc(C)c(C)c(C#N)c1=O. The minimum atomic E-state index is -0.523. The van der Waals surface area contributed by atoms with Crippen LogP contribution in [0.1, 0.15) is 37.1 Å². The van der Waals surface area contributed by atoms with Crippen LogP contribution in [0.25, 0.3) is 0 Å². The number of carbonyl (C=O) groups is 1. The summed E-state index contributed by atoms with van der Waals surface area (Å²) >= 11 is 0. The predicted molar refractivity (Wildman–Crippen MR) is 70.6 cm³/mol. The second-order valence-electron chi connectivity index (χ2n) is 4.54. The van der Waals surface area contributed by atoms with E-state index >= 15 is 0 Å². The fraction of sp³-hybridized carbons (Fsp3) is 0.538. The van der Waals surface area contributed by atoms with Crippen LogP contribution in [0.4, 0.5) is 0 Å². The molecule has 0 bridgehead atoms. The molecule has 1 amide bonds. The number of aromatic nitrogens is 2. The van der Waals surface area contributed by atoms with Gasteiger partial charge in [-0.25, -0.2) is 4.68 Å². The van der Waals surface area contributed by atoms with Crippen molar-refractivity contribution in [3.05, 3.63) is 27.2 Å². The summed E-state index contributed by atoms with van der Waals surface area (Å²) in [7, 11) is 0. The summed E-state index contributed by atoms with van der Waals surface area (Å²) in [6, 6.07) is 1.91. The van der Waals surface area contributed by atoms with Crippen molar-refractivity contribution in [3.63, 3.8) is 0 Å². The second-order valence-corrected chi connectivity index (χ2v) is 4.54. The van der Waals surface area contributed by atoms with Crippen molar-refractivity contribution in [1.82, 2.24) is 15.1 Å². The van der Waals surface area contributed by atoms with E-state index in [2.05, 4.69) is 10.4 Å². The Hall–Kier alpha value is -2.16. The lowest BCUT2D eigenvalue weighted by molar-refractivity contribution is -0.122. The van der Waals surface area contributed by atoms with Gasteiger partial charge in [0.15, 0.2) is 0 Å². The zero-order valence-corrected chi connectivity index (χ0v) is 11.6. The Morgan fingerprint density at radius 3 is 2.68 bits per heavy atom. The van der Waals surface area contributed by atoms with Gasteiger partial charge in [0.2, 0.25) is 5.91 Å². The molecule has 1 aromatic rings. The van der Waals surface area contributed by atoms with Gasteiger partial charge < -0.3 is 5.32 Å². The van der Waals surface area contributed by atoms with Gasteiger partial charge in [-0.2, -0.15) is 10.4 Å². The highest BCUT2D eigenvalue weighted by Gasteiger charge is 2.14. The highest BCUT2D eigenvalue weighted by atomic mass is 16.2. The van der Waals surface area contributed by atoms with Gasteiger partial charge in [-0.3, -0.25) is 9.59 Å². The van der Waals surface area contributed by atoms with Crippen LogP contribution in [-0.4, -0.2) is 21.7 Å². The van der Waals surface area contributed by atoms with E-state index in [-0.39, 0.29) is 24.1 Å². The van der Waals surface area contributed by atoms with E-state index in [1.165, 1.54) is 0 Å². The summed E-state index contributed by atoms with van der Waals surface area (Å²) in [6.45, 7) is 7.05. The monoisotopic (exact) mass is 262 g/mol. The van der Waals surface area contributed by atoms with Crippen LogP contribution in [-0.2, 0) is 11.3 Å². The van der Waals surface area contributed by atoms with Crippen LogP contribution < -0.4 is 10.9 Å². The molecule has 1 N–H and O–H groups in total. The third-order valence-electron chi connectivity index (χ3n) is 3.06. The number of rotatable bonds is 4. The molecule has 6 nitrogen and oxygen atoms in total. The van der Waals surface area contributed by atoms with Crippen molar-refractivity contribution < 1.29 is 4.79 Å². The molecular weight excluding hydrogens is 244 g/mol. The van der Waals surface area contributed by atoms with Gasteiger partial charge in [0, 0.05) is 6.04 Å². The molecule has 0 saturated heterocycles. The molecule has 6 heteroatoms. The van der Waals surface area contributed by atoms with Crippen LogP contribution in [0.3, 0.4) is 0 Å². The first-order valence-electron chi connectivity index (χ1n) is 6.18. The van der Waals surface area contributed by atoms with E-state index in [4.69, 9.17) is 5.26 Å². The maximum atomic E-state index is 12.0. The first kappa shape index (κ1) is 14.9. The molecule has 102 valence electrons. The first-order valence-corrected chi connectivity index (χ1v) is 6.18. The Morgan fingerprint density at radius 1 is 1.53 bits per heavy atom. The Balaban J connectivity index is 3.04. The van der Waals surface area contributed by atoms with Gasteiger partial charge in [0.25, 0.3) is 5.56 Å². The number of nitriles is 1. The van der Waals surface area contributed by atoms with Crippen molar-refractivity contribution in [3.8, 4) is 6.07 Å².